The summed E-state index contributed by atoms with van der Waals surface area (Å²) in [5.41, 5.74) is -1.09. The largest absolute Gasteiger partial charge is 0.444 e. The maximum absolute atomic E-state index is 14.6. The van der Waals surface area contributed by atoms with E-state index in [0.29, 0.717) is 44.2 Å². The van der Waals surface area contributed by atoms with E-state index < -0.39 is 80.3 Å². The molecule has 0 bridgehead atoms. The van der Waals surface area contributed by atoms with Gasteiger partial charge in [0.15, 0.2) is 0 Å². The van der Waals surface area contributed by atoms with Gasteiger partial charge >= 0.3 is 12.2 Å². The van der Waals surface area contributed by atoms with Crippen LogP contribution in [-0.4, -0.2) is 95.8 Å². The Kier molecular flexibility index (Phi) is 10.8. The summed E-state index contributed by atoms with van der Waals surface area (Å²) in [7, 11) is -3.90. The highest BCUT2D eigenvalue weighted by Crippen LogP contribution is 2.48. The quantitative estimate of drug-likeness (QED) is 0.407. The molecule has 14 nitrogen and oxygen atoms in total. The molecule has 5 aliphatic rings. The maximum Gasteiger partial charge on any atom is 0.410 e. The van der Waals surface area contributed by atoms with Crippen LogP contribution in [0.15, 0.2) is 18.2 Å². The van der Waals surface area contributed by atoms with Gasteiger partial charge in [0, 0.05) is 18.5 Å². The Hall–Kier alpha value is -3.95. The van der Waals surface area contributed by atoms with Gasteiger partial charge < -0.3 is 29.9 Å². The van der Waals surface area contributed by atoms with Gasteiger partial charge in [-0.15, -0.1) is 0 Å². The van der Waals surface area contributed by atoms with Crippen molar-refractivity contribution < 1.29 is 46.3 Å². The number of sulfonamides is 1. The first-order chi connectivity index (χ1) is 24.6. The van der Waals surface area contributed by atoms with Gasteiger partial charge in [0.1, 0.15) is 35.1 Å². The van der Waals surface area contributed by atoms with E-state index in [0.717, 1.165) is 31.2 Å². The van der Waals surface area contributed by atoms with E-state index in [1.165, 1.54) is 15.9 Å². The molecule has 4 fully saturated rings. The molecule has 3 heterocycles. The molecule has 16 heteroatoms. The van der Waals surface area contributed by atoms with Crippen molar-refractivity contribution in [3.63, 3.8) is 0 Å². The second-order valence-corrected chi connectivity index (χ2v) is 17.8. The molecule has 286 valence electrons. The highest BCUT2D eigenvalue weighted by Gasteiger charge is 2.62. The van der Waals surface area contributed by atoms with Crippen molar-refractivity contribution in [3.8, 4) is 0 Å². The minimum atomic E-state index is -3.90. The van der Waals surface area contributed by atoms with Gasteiger partial charge in [0.05, 0.1) is 18.3 Å². The fourth-order valence-corrected chi connectivity index (χ4v) is 8.98. The first kappa shape index (κ1) is 37.8. The number of nitrogens with one attached hydrogen (secondary N) is 3. The summed E-state index contributed by atoms with van der Waals surface area (Å²) >= 11 is 0. The Morgan fingerprint density at radius 2 is 1.73 bits per heavy atom. The topological polar surface area (TPSA) is 181 Å². The minimum absolute atomic E-state index is 0.00475. The number of amides is 5. The number of ether oxygens (including phenoxy) is 2. The number of alkyl carbamates (subject to hydrolysis) is 1. The van der Waals surface area contributed by atoms with Crippen LogP contribution in [0, 0.1) is 11.7 Å². The SMILES string of the molecule is CC(C)(C)OC(=O)N[C@H]1CCCCCCC[C@@H]2C[C@@]2(C(=O)NS(=O)(=O)C2CC2)NC(=O)[C@@H]2C[C@@H](OC(=O)N3CCc4cccc(F)c4C3)CN2C1=O. The van der Waals surface area contributed by atoms with Gasteiger partial charge in [-0.3, -0.25) is 19.1 Å². The summed E-state index contributed by atoms with van der Waals surface area (Å²) < 4.78 is 53.6. The third kappa shape index (κ3) is 8.63. The Labute approximate surface area is 303 Å². The molecule has 3 aliphatic heterocycles. The molecule has 6 rings (SSSR count). The number of carbonyl (C=O) groups excluding carboxylic acids is 5. The van der Waals surface area contributed by atoms with Crippen molar-refractivity contribution in [1.29, 1.82) is 0 Å². The zero-order valence-corrected chi connectivity index (χ0v) is 30.9. The molecule has 0 spiro atoms. The van der Waals surface area contributed by atoms with Gasteiger partial charge in [0.2, 0.25) is 21.8 Å². The molecular weight excluding hydrogens is 697 g/mol. The summed E-state index contributed by atoms with van der Waals surface area (Å²) in [6, 6.07) is 2.51. The smallest absolute Gasteiger partial charge is 0.410 e. The third-order valence-electron chi connectivity index (χ3n) is 10.7. The average Bonchev–Trinajstić information content (AvgIpc) is 3.99. The number of hydrogen-bond donors (Lipinski definition) is 3. The molecule has 1 aromatic carbocycles. The third-order valence-corrected chi connectivity index (χ3v) is 12.5. The first-order valence-electron chi connectivity index (χ1n) is 18.5. The average molecular weight is 748 g/mol. The lowest BCUT2D eigenvalue weighted by atomic mass is 10.00. The van der Waals surface area contributed by atoms with Gasteiger partial charge in [-0.2, -0.15) is 0 Å². The molecule has 2 saturated carbocycles. The highest BCUT2D eigenvalue weighted by molar-refractivity contribution is 7.91. The number of carbonyl (C=O) groups is 5. The number of hydrogen-bond acceptors (Lipinski definition) is 9. The van der Waals surface area contributed by atoms with Crippen LogP contribution in [0.1, 0.15) is 103 Å². The zero-order valence-electron chi connectivity index (χ0n) is 30.1. The van der Waals surface area contributed by atoms with Crippen LogP contribution in [0.5, 0.6) is 0 Å². The van der Waals surface area contributed by atoms with E-state index in [1.54, 1.807) is 26.8 Å². The van der Waals surface area contributed by atoms with Crippen molar-refractivity contribution in [3.05, 3.63) is 35.1 Å². The lowest BCUT2D eigenvalue weighted by Crippen LogP contribution is -2.58. The zero-order chi connectivity index (χ0) is 37.4. The Morgan fingerprint density at radius 3 is 2.44 bits per heavy atom. The van der Waals surface area contributed by atoms with Crippen LogP contribution in [0.2, 0.25) is 0 Å². The highest BCUT2D eigenvalue weighted by atomic mass is 32.2. The lowest BCUT2D eigenvalue weighted by Gasteiger charge is -2.30. The predicted molar refractivity (Wildman–Crippen MR) is 185 cm³/mol. The van der Waals surface area contributed by atoms with Crippen molar-refractivity contribution in [2.75, 3.05) is 13.1 Å². The van der Waals surface area contributed by atoms with Crippen LogP contribution in [0.25, 0.3) is 0 Å². The number of fused-ring (bicyclic) bond motifs is 3. The maximum atomic E-state index is 14.6. The van der Waals surface area contributed by atoms with E-state index in [4.69, 9.17) is 9.47 Å². The molecular formula is C36H50FN5O9S. The summed E-state index contributed by atoms with van der Waals surface area (Å²) in [5.74, 6) is -2.76. The molecule has 1 aromatic rings. The van der Waals surface area contributed by atoms with Crippen LogP contribution in [0.4, 0.5) is 14.0 Å². The van der Waals surface area contributed by atoms with E-state index in [-0.39, 0.29) is 38.3 Å². The molecule has 0 radical (unpaired) electrons. The van der Waals surface area contributed by atoms with Gasteiger partial charge in [0.25, 0.3) is 5.91 Å². The van der Waals surface area contributed by atoms with E-state index in [9.17, 15) is 36.8 Å². The first-order valence-corrected chi connectivity index (χ1v) is 20.0. The lowest BCUT2D eigenvalue weighted by molar-refractivity contribution is -0.141. The van der Waals surface area contributed by atoms with Crippen LogP contribution in [-0.2, 0) is 46.8 Å². The van der Waals surface area contributed by atoms with Crippen LogP contribution >= 0.6 is 0 Å². The summed E-state index contributed by atoms with van der Waals surface area (Å²) in [6.07, 6.45) is 3.76. The van der Waals surface area contributed by atoms with Gasteiger partial charge in [-0.25, -0.2) is 22.4 Å². The van der Waals surface area contributed by atoms with E-state index >= 15 is 0 Å². The fourth-order valence-electron chi connectivity index (χ4n) is 7.62. The van der Waals surface area contributed by atoms with Crippen molar-refractivity contribution in [2.45, 2.75) is 139 Å². The van der Waals surface area contributed by atoms with Gasteiger partial charge in [-0.05, 0) is 76.8 Å². The van der Waals surface area contributed by atoms with E-state index in [2.05, 4.69) is 15.4 Å². The van der Waals surface area contributed by atoms with Crippen LogP contribution in [0.3, 0.4) is 0 Å². The summed E-state index contributed by atoms with van der Waals surface area (Å²) in [5, 5.41) is 4.89. The van der Waals surface area contributed by atoms with Gasteiger partial charge in [-0.1, -0.05) is 44.2 Å². The molecule has 52 heavy (non-hydrogen) atoms. The number of rotatable bonds is 5. The fraction of sp³-hybridized carbons (Fsp3) is 0.694. The minimum Gasteiger partial charge on any atom is -0.444 e. The Morgan fingerprint density at radius 1 is 1.02 bits per heavy atom. The number of benzene rings is 1. The second-order valence-electron chi connectivity index (χ2n) is 15.9. The number of nitrogens with zero attached hydrogens (tertiary/aromatic N) is 2. The van der Waals surface area contributed by atoms with Crippen molar-refractivity contribution in [2.24, 2.45) is 5.92 Å². The standard InChI is InChI=1S/C36H50FN5O9S/c1-35(2,3)51-33(46)38-28-13-8-6-4-5-7-11-23-19-36(23,32(45)40-52(48,49)25-14-15-25)39-30(43)29-18-24(20-42(29)31(28)44)50-34(47)41-17-16-22-10-9-12-27(37)26(22)21-41/h9-10,12,23-25,28-29H,4-8,11,13-21H2,1-3H3,(H,38,46)(H,39,43)(H,40,45)/t23-,24-,28+,29+,36-/m1/s1. The summed E-state index contributed by atoms with van der Waals surface area (Å²) in [6.45, 7) is 5.23. The van der Waals surface area contributed by atoms with Crippen molar-refractivity contribution >= 4 is 39.9 Å². The Bertz CT molecular complexity index is 1700. The molecule has 2 aliphatic carbocycles. The number of halogens is 1. The molecule has 5 amide bonds. The molecule has 0 unspecified atom stereocenters. The normalized spacial score (nSPS) is 28.5. The molecule has 3 N–H and O–H groups in total. The second kappa shape index (κ2) is 14.8. The predicted octanol–water partition coefficient (Wildman–Crippen LogP) is 3.41. The molecule has 0 aromatic heterocycles. The van der Waals surface area contributed by atoms with Crippen LogP contribution < -0.4 is 15.4 Å². The molecule has 5 atom stereocenters. The van der Waals surface area contributed by atoms with E-state index in [1.807, 2.05) is 6.07 Å². The molecule has 2 saturated heterocycles. The monoisotopic (exact) mass is 747 g/mol. The Balaban J connectivity index is 1.24. The summed E-state index contributed by atoms with van der Waals surface area (Å²) in [4.78, 5) is 71.1. The van der Waals surface area contributed by atoms with Crippen molar-refractivity contribution in [1.82, 2.24) is 25.2 Å².